The molecule has 1 fully saturated rings. The van der Waals surface area contributed by atoms with Gasteiger partial charge in [-0.15, -0.1) is 0 Å². The van der Waals surface area contributed by atoms with Crippen LogP contribution in [0.3, 0.4) is 0 Å². The molecule has 26 heavy (non-hydrogen) atoms. The van der Waals surface area contributed by atoms with E-state index in [2.05, 4.69) is 5.32 Å². The molecule has 1 atom stereocenters. The molecule has 6 nitrogen and oxygen atoms in total. The zero-order chi connectivity index (χ0) is 18.5. The monoisotopic (exact) mass is 353 g/mol. The summed E-state index contributed by atoms with van der Waals surface area (Å²) in [6, 6.07) is 14.5. The summed E-state index contributed by atoms with van der Waals surface area (Å²) in [5, 5.41) is 2.82. The Hall–Kier alpha value is -2.70. The number of rotatable bonds is 5. The molecule has 6 heteroatoms. The molecule has 2 amide bonds. The van der Waals surface area contributed by atoms with Crippen LogP contribution in [0, 0.1) is 0 Å². The minimum absolute atomic E-state index is 0.154. The maximum absolute atomic E-state index is 12.8. The fraction of sp³-hybridized carbons (Fsp3) is 0.300. The maximum Gasteiger partial charge on any atom is 0.258 e. The van der Waals surface area contributed by atoms with Crippen LogP contribution in [0.1, 0.15) is 28.8 Å². The standard InChI is InChI=1S/C20H23N3O3/c1-23(17-9-7-14(13-21)8-10-17)20(25)15-4-2-5-16(12-15)22-19(24)18-6-3-11-26-18/h2,4-5,7-10,12,18H,3,6,11,13,21H2,1H3,(H,22,24). The molecular formula is C20H23N3O3. The molecule has 1 heterocycles. The van der Waals surface area contributed by atoms with Crippen molar-refractivity contribution in [3.63, 3.8) is 0 Å². The quantitative estimate of drug-likeness (QED) is 0.865. The maximum atomic E-state index is 12.8. The topological polar surface area (TPSA) is 84.7 Å². The first-order valence-corrected chi connectivity index (χ1v) is 8.68. The number of nitrogens with one attached hydrogen (secondary N) is 1. The molecule has 0 spiro atoms. The number of hydrogen-bond acceptors (Lipinski definition) is 4. The van der Waals surface area contributed by atoms with Gasteiger partial charge in [-0.1, -0.05) is 18.2 Å². The fourth-order valence-corrected chi connectivity index (χ4v) is 2.90. The third kappa shape index (κ3) is 4.09. The van der Waals surface area contributed by atoms with Crippen molar-refractivity contribution in [2.24, 2.45) is 5.73 Å². The van der Waals surface area contributed by atoms with E-state index in [0.29, 0.717) is 24.4 Å². The zero-order valence-electron chi connectivity index (χ0n) is 14.8. The van der Waals surface area contributed by atoms with Gasteiger partial charge in [0.15, 0.2) is 0 Å². The van der Waals surface area contributed by atoms with E-state index in [0.717, 1.165) is 24.1 Å². The largest absolute Gasteiger partial charge is 0.368 e. The Kier molecular flexibility index (Phi) is 5.65. The van der Waals surface area contributed by atoms with Gasteiger partial charge in [-0.25, -0.2) is 0 Å². The summed E-state index contributed by atoms with van der Waals surface area (Å²) in [6.45, 7) is 1.08. The third-order valence-corrected chi connectivity index (χ3v) is 4.46. The van der Waals surface area contributed by atoms with Crippen LogP contribution in [0.4, 0.5) is 11.4 Å². The Labute approximate surface area is 152 Å². The molecule has 0 aliphatic carbocycles. The van der Waals surface area contributed by atoms with Crippen LogP contribution in [0.15, 0.2) is 48.5 Å². The molecule has 0 radical (unpaired) electrons. The highest BCUT2D eigenvalue weighted by Crippen LogP contribution is 2.20. The van der Waals surface area contributed by atoms with Gasteiger partial charge in [-0.3, -0.25) is 9.59 Å². The highest BCUT2D eigenvalue weighted by atomic mass is 16.5. The van der Waals surface area contributed by atoms with Crippen molar-refractivity contribution in [3.8, 4) is 0 Å². The predicted molar refractivity (Wildman–Crippen MR) is 101 cm³/mol. The number of benzene rings is 2. The third-order valence-electron chi connectivity index (χ3n) is 4.46. The Bertz CT molecular complexity index is 783. The predicted octanol–water partition coefficient (Wildman–Crippen LogP) is 2.54. The number of anilines is 2. The van der Waals surface area contributed by atoms with Gasteiger partial charge < -0.3 is 20.7 Å². The summed E-state index contributed by atoms with van der Waals surface area (Å²) in [7, 11) is 1.72. The van der Waals surface area contributed by atoms with Crippen LogP contribution in [0.5, 0.6) is 0 Å². The number of nitrogens with zero attached hydrogens (tertiary/aromatic N) is 1. The number of carbonyl (C=O) groups excluding carboxylic acids is 2. The lowest BCUT2D eigenvalue weighted by Crippen LogP contribution is -2.28. The molecule has 1 aliphatic heterocycles. The first-order valence-electron chi connectivity index (χ1n) is 8.68. The van der Waals surface area contributed by atoms with Gasteiger partial charge >= 0.3 is 0 Å². The van der Waals surface area contributed by atoms with Gasteiger partial charge in [0.2, 0.25) is 0 Å². The van der Waals surface area contributed by atoms with Crippen LogP contribution in [0.2, 0.25) is 0 Å². The van der Waals surface area contributed by atoms with E-state index in [9.17, 15) is 9.59 Å². The molecule has 0 bridgehead atoms. The van der Waals surface area contributed by atoms with Gasteiger partial charge in [0, 0.05) is 37.1 Å². The molecular weight excluding hydrogens is 330 g/mol. The van der Waals surface area contributed by atoms with Crippen LogP contribution in [-0.4, -0.2) is 31.6 Å². The van der Waals surface area contributed by atoms with E-state index in [1.54, 1.807) is 36.2 Å². The summed E-state index contributed by atoms with van der Waals surface area (Å²) in [4.78, 5) is 26.5. The first kappa shape index (κ1) is 18.1. The second kappa shape index (κ2) is 8.12. The van der Waals surface area contributed by atoms with Crippen molar-refractivity contribution in [1.29, 1.82) is 0 Å². The van der Waals surface area contributed by atoms with Crippen molar-refractivity contribution >= 4 is 23.2 Å². The highest BCUT2D eigenvalue weighted by Gasteiger charge is 2.23. The summed E-state index contributed by atoms with van der Waals surface area (Å²) >= 11 is 0. The van der Waals surface area contributed by atoms with Crippen LogP contribution < -0.4 is 16.0 Å². The normalized spacial score (nSPS) is 16.3. The van der Waals surface area contributed by atoms with Crippen molar-refractivity contribution < 1.29 is 14.3 Å². The number of hydrogen-bond donors (Lipinski definition) is 2. The summed E-state index contributed by atoms with van der Waals surface area (Å²) in [5.41, 5.74) is 8.48. The Morgan fingerprint density at radius 3 is 2.65 bits per heavy atom. The number of nitrogens with two attached hydrogens (primary N) is 1. The van der Waals surface area contributed by atoms with E-state index in [-0.39, 0.29) is 11.8 Å². The minimum Gasteiger partial charge on any atom is -0.368 e. The number of carbonyl (C=O) groups is 2. The van der Waals surface area contributed by atoms with Crippen LogP contribution in [-0.2, 0) is 16.1 Å². The highest BCUT2D eigenvalue weighted by molar-refractivity contribution is 6.06. The average molecular weight is 353 g/mol. The SMILES string of the molecule is CN(C(=O)c1cccc(NC(=O)C2CCCO2)c1)c1ccc(CN)cc1. The Morgan fingerprint density at radius 2 is 2.00 bits per heavy atom. The van der Waals surface area contributed by atoms with Gasteiger partial charge in [0.1, 0.15) is 6.10 Å². The van der Waals surface area contributed by atoms with Crippen LogP contribution in [0.25, 0.3) is 0 Å². The van der Waals surface area contributed by atoms with Gasteiger partial charge in [0.05, 0.1) is 0 Å². The summed E-state index contributed by atoms with van der Waals surface area (Å²) in [6.07, 6.45) is 1.22. The van der Waals surface area contributed by atoms with Gasteiger partial charge in [0.25, 0.3) is 11.8 Å². The Balaban J connectivity index is 1.71. The molecule has 3 N–H and O–H groups in total. The molecule has 136 valence electrons. The molecule has 0 saturated carbocycles. The molecule has 3 rings (SSSR count). The molecule has 0 aromatic heterocycles. The van der Waals surface area contributed by atoms with E-state index < -0.39 is 6.10 Å². The van der Waals surface area contributed by atoms with E-state index in [1.165, 1.54) is 0 Å². The second-order valence-corrected chi connectivity index (χ2v) is 6.31. The summed E-state index contributed by atoms with van der Waals surface area (Å²) < 4.78 is 5.38. The van der Waals surface area contributed by atoms with Gasteiger partial charge in [-0.2, -0.15) is 0 Å². The van der Waals surface area contributed by atoms with Gasteiger partial charge in [-0.05, 0) is 48.7 Å². The van der Waals surface area contributed by atoms with Crippen molar-refractivity contribution in [3.05, 3.63) is 59.7 Å². The summed E-state index contributed by atoms with van der Waals surface area (Å²) in [5.74, 6) is -0.323. The lowest BCUT2D eigenvalue weighted by molar-refractivity contribution is -0.124. The molecule has 2 aromatic rings. The van der Waals surface area contributed by atoms with Crippen LogP contribution >= 0.6 is 0 Å². The minimum atomic E-state index is -0.405. The first-order chi connectivity index (χ1) is 12.6. The van der Waals surface area contributed by atoms with Crippen molar-refractivity contribution in [1.82, 2.24) is 0 Å². The van der Waals surface area contributed by atoms with E-state index in [1.807, 2.05) is 24.3 Å². The zero-order valence-corrected chi connectivity index (χ0v) is 14.8. The fourth-order valence-electron chi connectivity index (χ4n) is 2.90. The van der Waals surface area contributed by atoms with Crippen molar-refractivity contribution in [2.45, 2.75) is 25.5 Å². The smallest absolute Gasteiger partial charge is 0.258 e. The van der Waals surface area contributed by atoms with Crippen molar-refractivity contribution in [2.75, 3.05) is 23.9 Å². The molecule has 1 saturated heterocycles. The Morgan fingerprint density at radius 1 is 1.23 bits per heavy atom. The second-order valence-electron chi connectivity index (χ2n) is 6.31. The molecule has 1 aliphatic rings. The van der Waals surface area contributed by atoms with E-state index in [4.69, 9.17) is 10.5 Å². The molecule has 2 aromatic carbocycles. The average Bonchev–Trinajstić information content (AvgIpc) is 3.22. The lowest BCUT2D eigenvalue weighted by Gasteiger charge is -2.18. The van der Waals surface area contributed by atoms with E-state index >= 15 is 0 Å². The lowest BCUT2D eigenvalue weighted by atomic mass is 10.1. The number of amides is 2. The number of ether oxygens (including phenoxy) is 1. The molecule has 1 unspecified atom stereocenters.